The molecular formula is C13H21NOS. The van der Waals surface area contributed by atoms with Crippen molar-refractivity contribution in [3.63, 3.8) is 0 Å². The minimum atomic E-state index is 0.823. The number of hydrogen-bond acceptors (Lipinski definition) is 3. The molecule has 1 aromatic carbocycles. The molecule has 0 aromatic heterocycles. The average Bonchev–Trinajstić information content (AvgIpc) is 2.34. The number of thioether (sulfide) groups is 1. The van der Waals surface area contributed by atoms with Gasteiger partial charge < -0.3 is 10.1 Å². The quantitative estimate of drug-likeness (QED) is 0.529. The molecule has 16 heavy (non-hydrogen) atoms. The van der Waals surface area contributed by atoms with Gasteiger partial charge in [0.1, 0.15) is 0 Å². The Balaban J connectivity index is 1.89. The molecule has 0 amide bonds. The van der Waals surface area contributed by atoms with E-state index < -0.39 is 0 Å². The standard InChI is InChI=1S/C13H21NOS/c1-2-10-15-11-8-14-9-12-16-13-6-4-3-5-7-13/h3-7,14H,2,8-12H2,1H3. The second-order valence-corrected chi connectivity index (χ2v) is 4.69. The van der Waals surface area contributed by atoms with Gasteiger partial charge in [-0.25, -0.2) is 0 Å². The summed E-state index contributed by atoms with van der Waals surface area (Å²) in [6.45, 7) is 5.82. The van der Waals surface area contributed by atoms with Crippen molar-refractivity contribution >= 4 is 11.8 Å². The number of benzene rings is 1. The van der Waals surface area contributed by atoms with Crippen molar-refractivity contribution in [2.45, 2.75) is 18.2 Å². The maximum Gasteiger partial charge on any atom is 0.0590 e. The zero-order valence-corrected chi connectivity index (χ0v) is 10.8. The zero-order valence-electron chi connectivity index (χ0n) is 9.95. The fourth-order valence-electron chi connectivity index (χ4n) is 1.27. The van der Waals surface area contributed by atoms with Gasteiger partial charge in [-0.1, -0.05) is 25.1 Å². The maximum atomic E-state index is 5.38. The first-order valence-electron chi connectivity index (χ1n) is 5.90. The molecule has 0 aliphatic carbocycles. The molecule has 0 heterocycles. The van der Waals surface area contributed by atoms with Crippen molar-refractivity contribution in [1.29, 1.82) is 0 Å². The van der Waals surface area contributed by atoms with Crippen LogP contribution < -0.4 is 5.32 Å². The molecule has 0 saturated heterocycles. The van der Waals surface area contributed by atoms with Gasteiger partial charge in [0.05, 0.1) is 6.61 Å². The Kier molecular flexibility index (Phi) is 8.22. The van der Waals surface area contributed by atoms with E-state index in [1.807, 2.05) is 17.8 Å². The van der Waals surface area contributed by atoms with Crippen LogP contribution in [-0.4, -0.2) is 32.1 Å². The lowest BCUT2D eigenvalue weighted by molar-refractivity contribution is 0.137. The Labute approximate surface area is 103 Å². The molecule has 0 saturated carbocycles. The van der Waals surface area contributed by atoms with Gasteiger partial charge in [0.15, 0.2) is 0 Å². The molecule has 90 valence electrons. The van der Waals surface area contributed by atoms with E-state index >= 15 is 0 Å². The van der Waals surface area contributed by atoms with Crippen LogP contribution in [0.4, 0.5) is 0 Å². The highest BCUT2D eigenvalue weighted by atomic mass is 32.2. The van der Waals surface area contributed by atoms with Crippen molar-refractivity contribution in [2.24, 2.45) is 0 Å². The van der Waals surface area contributed by atoms with Gasteiger partial charge in [0, 0.05) is 30.3 Å². The van der Waals surface area contributed by atoms with Crippen LogP contribution in [0.2, 0.25) is 0 Å². The lowest BCUT2D eigenvalue weighted by Gasteiger charge is -2.05. The maximum absolute atomic E-state index is 5.38. The fourth-order valence-corrected chi connectivity index (χ4v) is 2.11. The third kappa shape index (κ3) is 6.88. The predicted molar refractivity (Wildman–Crippen MR) is 71.1 cm³/mol. The number of hydrogen-bond donors (Lipinski definition) is 1. The van der Waals surface area contributed by atoms with Crippen LogP contribution in [0.3, 0.4) is 0 Å². The summed E-state index contributed by atoms with van der Waals surface area (Å²) >= 11 is 1.89. The molecule has 0 bridgehead atoms. The van der Waals surface area contributed by atoms with Gasteiger partial charge in [-0.3, -0.25) is 0 Å². The Hall–Kier alpha value is -0.510. The van der Waals surface area contributed by atoms with E-state index in [1.165, 1.54) is 4.90 Å². The van der Waals surface area contributed by atoms with Crippen LogP contribution >= 0.6 is 11.8 Å². The molecule has 2 nitrogen and oxygen atoms in total. The minimum absolute atomic E-state index is 0.823. The molecule has 0 atom stereocenters. The van der Waals surface area contributed by atoms with Crippen LogP contribution in [0, 0.1) is 0 Å². The van der Waals surface area contributed by atoms with E-state index in [0.717, 1.165) is 38.5 Å². The lowest BCUT2D eigenvalue weighted by atomic mass is 10.4. The summed E-state index contributed by atoms with van der Waals surface area (Å²) in [4.78, 5) is 1.34. The van der Waals surface area contributed by atoms with E-state index in [1.54, 1.807) is 0 Å². The van der Waals surface area contributed by atoms with Crippen LogP contribution in [0.25, 0.3) is 0 Å². The summed E-state index contributed by atoms with van der Waals surface area (Å²) in [6, 6.07) is 10.5. The fraction of sp³-hybridized carbons (Fsp3) is 0.538. The van der Waals surface area contributed by atoms with E-state index in [2.05, 4.69) is 36.5 Å². The molecule has 0 radical (unpaired) electrons. The highest BCUT2D eigenvalue weighted by Gasteiger charge is 1.92. The first-order valence-corrected chi connectivity index (χ1v) is 6.88. The Bertz CT molecular complexity index is 253. The van der Waals surface area contributed by atoms with Crippen LogP contribution in [0.5, 0.6) is 0 Å². The summed E-state index contributed by atoms with van der Waals surface area (Å²) in [5, 5.41) is 3.37. The summed E-state index contributed by atoms with van der Waals surface area (Å²) in [6.07, 6.45) is 1.10. The van der Waals surface area contributed by atoms with E-state index in [4.69, 9.17) is 4.74 Å². The molecule has 0 aliphatic rings. The van der Waals surface area contributed by atoms with Crippen molar-refractivity contribution < 1.29 is 4.74 Å². The van der Waals surface area contributed by atoms with Crippen molar-refractivity contribution in [3.8, 4) is 0 Å². The molecule has 1 rings (SSSR count). The predicted octanol–water partition coefficient (Wildman–Crippen LogP) is 2.79. The zero-order chi connectivity index (χ0) is 11.5. The van der Waals surface area contributed by atoms with Gasteiger partial charge in [-0.2, -0.15) is 0 Å². The molecule has 1 aromatic rings. The molecule has 0 aliphatic heterocycles. The summed E-state index contributed by atoms with van der Waals surface area (Å²) in [5.41, 5.74) is 0. The first kappa shape index (κ1) is 13.6. The lowest BCUT2D eigenvalue weighted by Crippen LogP contribution is -2.22. The highest BCUT2D eigenvalue weighted by molar-refractivity contribution is 7.99. The highest BCUT2D eigenvalue weighted by Crippen LogP contribution is 2.15. The Morgan fingerprint density at radius 3 is 2.69 bits per heavy atom. The first-order chi connectivity index (χ1) is 7.93. The van der Waals surface area contributed by atoms with Crippen molar-refractivity contribution in [2.75, 3.05) is 32.1 Å². The van der Waals surface area contributed by atoms with E-state index in [-0.39, 0.29) is 0 Å². The van der Waals surface area contributed by atoms with E-state index in [0.29, 0.717) is 0 Å². The molecular weight excluding hydrogens is 218 g/mol. The Morgan fingerprint density at radius 1 is 1.12 bits per heavy atom. The molecule has 0 unspecified atom stereocenters. The Morgan fingerprint density at radius 2 is 1.94 bits per heavy atom. The molecule has 1 N–H and O–H groups in total. The van der Waals surface area contributed by atoms with Gasteiger partial charge in [0.25, 0.3) is 0 Å². The third-order valence-corrected chi connectivity index (χ3v) is 3.08. The van der Waals surface area contributed by atoms with E-state index in [9.17, 15) is 0 Å². The van der Waals surface area contributed by atoms with Gasteiger partial charge in [-0.15, -0.1) is 11.8 Å². The van der Waals surface area contributed by atoms with Crippen molar-refractivity contribution in [1.82, 2.24) is 5.32 Å². The van der Waals surface area contributed by atoms with Gasteiger partial charge in [0.2, 0.25) is 0 Å². The van der Waals surface area contributed by atoms with Gasteiger partial charge in [-0.05, 0) is 18.6 Å². The largest absolute Gasteiger partial charge is 0.380 e. The molecule has 0 spiro atoms. The summed E-state index contributed by atoms with van der Waals surface area (Å²) < 4.78 is 5.38. The third-order valence-electron chi connectivity index (χ3n) is 2.06. The van der Waals surface area contributed by atoms with Crippen molar-refractivity contribution in [3.05, 3.63) is 30.3 Å². The summed E-state index contributed by atoms with van der Waals surface area (Å²) in [5.74, 6) is 1.11. The van der Waals surface area contributed by atoms with Crippen LogP contribution in [-0.2, 0) is 4.74 Å². The van der Waals surface area contributed by atoms with Gasteiger partial charge >= 0.3 is 0 Å². The average molecular weight is 239 g/mol. The van der Waals surface area contributed by atoms with Crippen LogP contribution in [0.15, 0.2) is 35.2 Å². The number of ether oxygens (including phenoxy) is 1. The van der Waals surface area contributed by atoms with Crippen LogP contribution in [0.1, 0.15) is 13.3 Å². The molecule has 3 heteroatoms. The number of rotatable bonds is 9. The monoisotopic (exact) mass is 239 g/mol. The second kappa shape index (κ2) is 9.70. The normalized spacial score (nSPS) is 10.6. The SMILES string of the molecule is CCCOCCNCCSc1ccccc1. The topological polar surface area (TPSA) is 21.3 Å². The summed E-state index contributed by atoms with van der Waals surface area (Å²) in [7, 11) is 0. The minimum Gasteiger partial charge on any atom is -0.380 e. The molecule has 0 fully saturated rings. The smallest absolute Gasteiger partial charge is 0.0590 e. The second-order valence-electron chi connectivity index (χ2n) is 3.52. The number of nitrogens with one attached hydrogen (secondary N) is 1.